The van der Waals surface area contributed by atoms with Gasteiger partial charge in [-0.25, -0.2) is 9.97 Å². The number of hydrogen-bond donors (Lipinski definition) is 0. The molecule has 0 aliphatic carbocycles. The molecule has 1 aromatic heterocycles. The lowest BCUT2D eigenvalue weighted by molar-refractivity contribution is -0.131. The van der Waals surface area contributed by atoms with E-state index in [2.05, 4.69) is 26.8 Å². The molecule has 0 radical (unpaired) electrons. The fourth-order valence-electron chi connectivity index (χ4n) is 3.96. The summed E-state index contributed by atoms with van der Waals surface area (Å²) in [7, 11) is 2.19. The van der Waals surface area contributed by atoms with Gasteiger partial charge in [0.05, 0.1) is 0 Å². The first-order valence-electron chi connectivity index (χ1n) is 9.58. The second kappa shape index (κ2) is 8.13. The van der Waals surface area contributed by atoms with Gasteiger partial charge in [-0.3, -0.25) is 4.79 Å². The lowest BCUT2D eigenvalue weighted by atomic mass is 9.98. The molecule has 0 bridgehead atoms. The summed E-state index contributed by atoms with van der Waals surface area (Å²) in [5, 5.41) is 0. The van der Waals surface area contributed by atoms with E-state index in [-0.39, 0.29) is 0 Å². The van der Waals surface area contributed by atoms with Crippen molar-refractivity contribution in [3.63, 3.8) is 0 Å². The molecule has 6 nitrogen and oxygen atoms in total. The molecule has 2 fully saturated rings. The summed E-state index contributed by atoms with van der Waals surface area (Å²) in [6.07, 6.45) is 5.51. The van der Waals surface area contributed by atoms with Crippen LogP contribution in [0.15, 0.2) is 6.07 Å². The summed E-state index contributed by atoms with van der Waals surface area (Å²) in [5.41, 5.74) is 2.00. The maximum Gasteiger partial charge on any atom is 0.225 e. The molecular formula is C19H31N5O. The van der Waals surface area contributed by atoms with E-state index in [4.69, 9.17) is 0 Å². The smallest absolute Gasteiger partial charge is 0.225 e. The minimum atomic E-state index is 0.306. The van der Waals surface area contributed by atoms with Crippen molar-refractivity contribution in [2.24, 2.45) is 0 Å². The van der Waals surface area contributed by atoms with E-state index in [0.717, 1.165) is 49.9 Å². The molecule has 1 amide bonds. The normalized spacial score (nSPS) is 22.3. The summed E-state index contributed by atoms with van der Waals surface area (Å²) in [6.45, 7) is 8.36. The molecule has 2 aliphatic heterocycles. The predicted octanol–water partition coefficient (Wildman–Crippen LogP) is 2.01. The van der Waals surface area contributed by atoms with Crippen molar-refractivity contribution in [1.82, 2.24) is 19.8 Å². The van der Waals surface area contributed by atoms with Gasteiger partial charge in [0.1, 0.15) is 0 Å². The van der Waals surface area contributed by atoms with Crippen LogP contribution in [0.25, 0.3) is 0 Å². The molecule has 0 saturated carbocycles. The van der Waals surface area contributed by atoms with Crippen molar-refractivity contribution in [3.05, 3.63) is 17.5 Å². The summed E-state index contributed by atoms with van der Waals surface area (Å²) in [6, 6.07) is 2.58. The van der Waals surface area contributed by atoms with Gasteiger partial charge in [-0.2, -0.15) is 0 Å². The number of aromatic nitrogens is 2. The summed E-state index contributed by atoms with van der Waals surface area (Å²) in [5.74, 6) is 1.10. The first kappa shape index (κ1) is 18.1. The van der Waals surface area contributed by atoms with Gasteiger partial charge in [0, 0.05) is 50.0 Å². The number of piperidine rings is 1. The van der Waals surface area contributed by atoms with E-state index in [1.54, 1.807) is 0 Å². The molecule has 2 saturated heterocycles. The average Bonchev–Trinajstić information content (AvgIpc) is 2.60. The molecule has 138 valence electrons. The molecule has 6 heteroatoms. The quantitative estimate of drug-likeness (QED) is 0.835. The second-order valence-corrected chi connectivity index (χ2v) is 7.49. The molecule has 0 N–H and O–H groups in total. The minimum Gasteiger partial charge on any atom is -0.339 e. The third-order valence-corrected chi connectivity index (χ3v) is 5.50. The van der Waals surface area contributed by atoms with Crippen LogP contribution in [0, 0.1) is 13.8 Å². The third-order valence-electron chi connectivity index (χ3n) is 5.50. The number of carbonyl (C=O) groups is 1. The molecule has 25 heavy (non-hydrogen) atoms. The lowest BCUT2D eigenvalue weighted by Crippen LogP contribution is -2.49. The van der Waals surface area contributed by atoms with Crippen LogP contribution in [0.3, 0.4) is 0 Å². The first-order valence-corrected chi connectivity index (χ1v) is 9.58. The Kier molecular flexibility index (Phi) is 5.89. The maximum atomic E-state index is 12.6. The fraction of sp³-hybridized carbons (Fsp3) is 0.737. The Labute approximate surface area is 151 Å². The molecule has 3 heterocycles. The van der Waals surface area contributed by atoms with E-state index in [1.807, 2.05) is 24.8 Å². The zero-order valence-corrected chi connectivity index (χ0v) is 15.9. The zero-order valence-electron chi connectivity index (χ0n) is 15.9. The second-order valence-electron chi connectivity index (χ2n) is 7.49. The van der Waals surface area contributed by atoms with Gasteiger partial charge in [-0.05, 0) is 52.8 Å². The van der Waals surface area contributed by atoms with Crippen LogP contribution >= 0.6 is 0 Å². The van der Waals surface area contributed by atoms with Crippen molar-refractivity contribution in [2.75, 3.05) is 44.7 Å². The highest BCUT2D eigenvalue weighted by atomic mass is 16.2. The van der Waals surface area contributed by atoms with Crippen LogP contribution in [-0.4, -0.2) is 71.5 Å². The lowest BCUT2D eigenvalue weighted by Gasteiger charge is -2.36. The topological polar surface area (TPSA) is 52.6 Å². The van der Waals surface area contributed by atoms with Crippen LogP contribution in [-0.2, 0) is 4.79 Å². The van der Waals surface area contributed by atoms with Gasteiger partial charge in [-0.1, -0.05) is 6.42 Å². The number of likely N-dealkylation sites (tertiary alicyclic amines) is 1. The number of hydrogen-bond acceptors (Lipinski definition) is 5. The maximum absolute atomic E-state index is 12.6. The Hall–Kier alpha value is -1.69. The van der Waals surface area contributed by atoms with Crippen molar-refractivity contribution in [2.45, 2.75) is 52.0 Å². The van der Waals surface area contributed by atoms with Gasteiger partial charge in [0.2, 0.25) is 11.9 Å². The van der Waals surface area contributed by atoms with Crippen molar-refractivity contribution < 1.29 is 4.79 Å². The summed E-state index contributed by atoms with van der Waals surface area (Å²) < 4.78 is 0. The number of carbonyl (C=O) groups excluding carboxylic acids is 1. The Bertz CT molecular complexity index is 577. The fourth-order valence-corrected chi connectivity index (χ4v) is 3.96. The molecule has 0 aromatic carbocycles. The molecular weight excluding hydrogens is 314 g/mol. The number of amides is 1. The van der Waals surface area contributed by atoms with Crippen LogP contribution < -0.4 is 4.90 Å². The van der Waals surface area contributed by atoms with Crippen LogP contribution in [0.2, 0.25) is 0 Å². The van der Waals surface area contributed by atoms with Crippen LogP contribution in [0.4, 0.5) is 5.95 Å². The summed E-state index contributed by atoms with van der Waals surface area (Å²) >= 11 is 0. The number of aryl methyl sites for hydroxylation is 2. The molecule has 2 aliphatic rings. The van der Waals surface area contributed by atoms with E-state index in [1.165, 1.54) is 25.8 Å². The van der Waals surface area contributed by atoms with E-state index in [0.29, 0.717) is 18.4 Å². The van der Waals surface area contributed by atoms with Gasteiger partial charge in [0.25, 0.3) is 0 Å². The largest absolute Gasteiger partial charge is 0.339 e. The Morgan fingerprint density at radius 2 is 1.76 bits per heavy atom. The Balaban J connectivity index is 1.47. The van der Waals surface area contributed by atoms with Gasteiger partial charge >= 0.3 is 0 Å². The SMILES string of the molecule is Cc1cc(C)nc(N2CCN(C(=O)CC[C@@H]3CCCCN3C)CC2)n1. The van der Waals surface area contributed by atoms with E-state index >= 15 is 0 Å². The highest BCUT2D eigenvalue weighted by Crippen LogP contribution is 2.20. The Morgan fingerprint density at radius 1 is 1.08 bits per heavy atom. The highest BCUT2D eigenvalue weighted by molar-refractivity contribution is 5.76. The molecule has 0 spiro atoms. The minimum absolute atomic E-state index is 0.306. The van der Waals surface area contributed by atoms with Crippen molar-refractivity contribution >= 4 is 11.9 Å². The number of rotatable bonds is 4. The zero-order chi connectivity index (χ0) is 17.8. The standard InChI is InChI=1S/C19H31N5O/c1-15-14-16(2)21-19(20-15)24-12-10-23(11-13-24)18(25)8-7-17-6-4-5-9-22(17)3/h14,17H,4-13H2,1-3H3/t17-/m0/s1. The van der Waals surface area contributed by atoms with Crippen molar-refractivity contribution in [1.29, 1.82) is 0 Å². The first-order chi connectivity index (χ1) is 12.0. The van der Waals surface area contributed by atoms with E-state index in [9.17, 15) is 4.79 Å². The number of nitrogens with zero attached hydrogens (tertiary/aromatic N) is 5. The Morgan fingerprint density at radius 3 is 2.40 bits per heavy atom. The van der Waals surface area contributed by atoms with E-state index < -0.39 is 0 Å². The van der Waals surface area contributed by atoms with Crippen molar-refractivity contribution in [3.8, 4) is 0 Å². The molecule has 3 rings (SSSR count). The summed E-state index contributed by atoms with van der Waals surface area (Å²) in [4.78, 5) is 28.3. The van der Waals surface area contributed by atoms with Gasteiger partial charge < -0.3 is 14.7 Å². The number of piperazine rings is 1. The van der Waals surface area contributed by atoms with Gasteiger partial charge in [0.15, 0.2) is 0 Å². The molecule has 0 unspecified atom stereocenters. The highest BCUT2D eigenvalue weighted by Gasteiger charge is 2.25. The third kappa shape index (κ3) is 4.69. The van der Waals surface area contributed by atoms with Crippen LogP contribution in [0.1, 0.15) is 43.5 Å². The van der Waals surface area contributed by atoms with Gasteiger partial charge in [-0.15, -0.1) is 0 Å². The monoisotopic (exact) mass is 345 g/mol. The van der Waals surface area contributed by atoms with Crippen LogP contribution in [0.5, 0.6) is 0 Å². The number of anilines is 1. The molecule has 1 atom stereocenters. The predicted molar refractivity (Wildman–Crippen MR) is 99.8 cm³/mol. The molecule has 1 aromatic rings. The average molecular weight is 345 g/mol.